The molecule has 0 aliphatic rings. The zero-order valence-corrected chi connectivity index (χ0v) is 10.8. The molecule has 7 heteroatoms. The molecule has 0 aliphatic heterocycles. The number of aromatic nitrogens is 3. The smallest absolute Gasteiger partial charge is 0.176 e. The minimum absolute atomic E-state index is 0.314. The van der Waals surface area contributed by atoms with Crippen molar-refractivity contribution < 1.29 is 4.39 Å². The molecule has 0 radical (unpaired) electrons. The van der Waals surface area contributed by atoms with E-state index in [0.717, 1.165) is 0 Å². The minimum Gasteiger partial charge on any atom is -0.245 e. The zero-order valence-electron chi connectivity index (χ0n) is 7.57. The topological polar surface area (TPSA) is 38.7 Å². The monoisotopic (exact) mass is 305 g/mol. The molecule has 0 amide bonds. The van der Waals surface area contributed by atoms with Crippen LogP contribution in [-0.4, -0.2) is 14.3 Å². The summed E-state index contributed by atoms with van der Waals surface area (Å²) in [7, 11) is 0. The molecule has 0 saturated carbocycles. The first-order chi connectivity index (χ1) is 7.15. The largest absolute Gasteiger partial charge is 0.245 e. The zero-order chi connectivity index (χ0) is 10.8. The van der Waals surface area contributed by atoms with Gasteiger partial charge >= 0.3 is 0 Å². The Hall–Kier alpha value is -0.530. The molecule has 78 valence electrons. The second kappa shape index (κ2) is 4.54. The van der Waals surface area contributed by atoms with E-state index in [4.69, 9.17) is 0 Å². The van der Waals surface area contributed by atoms with Crippen molar-refractivity contribution in [3.8, 4) is 0 Å². The van der Waals surface area contributed by atoms with Gasteiger partial charge in [-0.3, -0.25) is 0 Å². The van der Waals surface area contributed by atoms with Gasteiger partial charge in [-0.15, -0.1) is 0 Å². The maximum absolute atomic E-state index is 13.4. The third-order valence-corrected chi connectivity index (χ3v) is 3.74. The lowest BCUT2D eigenvalue weighted by Gasteiger charge is -1.98. The van der Waals surface area contributed by atoms with E-state index in [9.17, 15) is 4.39 Å². The van der Waals surface area contributed by atoms with Gasteiger partial charge in [-0.25, -0.2) is 14.4 Å². The fraction of sp³-hybridized carbons (Fsp3) is 0.125. The van der Waals surface area contributed by atoms with Crippen LogP contribution in [0.15, 0.2) is 26.1 Å². The highest BCUT2D eigenvalue weighted by molar-refractivity contribution is 9.10. The van der Waals surface area contributed by atoms with E-state index in [2.05, 4.69) is 30.3 Å². The van der Waals surface area contributed by atoms with E-state index in [-0.39, 0.29) is 5.82 Å². The van der Waals surface area contributed by atoms with Gasteiger partial charge in [-0.2, -0.15) is 4.37 Å². The van der Waals surface area contributed by atoms with Gasteiger partial charge in [0.25, 0.3) is 0 Å². The Balaban J connectivity index is 2.24. The standard InChI is InChI=1S/C8H5BrFN3S2/c1-4-12-8(15-13-4)14-7-6(10)2-5(9)3-11-7/h2-3H,1H3. The Morgan fingerprint density at radius 3 is 2.93 bits per heavy atom. The summed E-state index contributed by atoms with van der Waals surface area (Å²) in [5.41, 5.74) is 0. The van der Waals surface area contributed by atoms with Gasteiger partial charge in [0.1, 0.15) is 10.9 Å². The molecular weight excluding hydrogens is 301 g/mol. The molecule has 2 heterocycles. The first kappa shape index (κ1) is 11.0. The first-order valence-electron chi connectivity index (χ1n) is 3.94. The van der Waals surface area contributed by atoms with Crippen LogP contribution in [-0.2, 0) is 0 Å². The van der Waals surface area contributed by atoms with E-state index < -0.39 is 0 Å². The van der Waals surface area contributed by atoms with Gasteiger partial charge < -0.3 is 0 Å². The van der Waals surface area contributed by atoms with Crippen LogP contribution in [0.25, 0.3) is 0 Å². The van der Waals surface area contributed by atoms with Crippen LogP contribution in [0.5, 0.6) is 0 Å². The number of nitrogens with zero attached hydrogens (tertiary/aromatic N) is 3. The van der Waals surface area contributed by atoms with Crippen molar-refractivity contribution in [3.63, 3.8) is 0 Å². The van der Waals surface area contributed by atoms with Crippen molar-refractivity contribution in [2.45, 2.75) is 16.3 Å². The van der Waals surface area contributed by atoms with Gasteiger partial charge in [-0.05, 0) is 52.2 Å². The Kier molecular flexibility index (Phi) is 3.32. The molecule has 0 spiro atoms. The summed E-state index contributed by atoms with van der Waals surface area (Å²) in [6.45, 7) is 1.80. The first-order valence-corrected chi connectivity index (χ1v) is 6.32. The van der Waals surface area contributed by atoms with Crippen LogP contribution < -0.4 is 0 Å². The van der Waals surface area contributed by atoms with Gasteiger partial charge in [0, 0.05) is 10.7 Å². The molecule has 0 unspecified atom stereocenters. The van der Waals surface area contributed by atoms with Crippen molar-refractivity contribution in [3.05, 3.63) is 28.4 Å². The normalized spacial score (nSPS) is 10.6. The van der Waals surface area contributed by atoms with Crippen LogP contribution in [0.4, 0.5) is 4.39 Å². The van der Waals surface area contributed by atoms with Crippen molar-refractivity contribution in [2.75, 3.05) is 0 Å². The van der Waals surface area contributed by atoms with E-state index in [0.29, 0.717) is 19.7 Å². The predicted molar refractivity (Wildman–Crippen MR) is 60.7 cm³/mol. The molecule has 3 nitrogen and oxygen atoms in total. The minimum atomic E-state index is -0.359. The highest BCUT2D eigenvalue weighted by Gasteiger charge is 2.09. The van der Waals surface area contributed by atoms with Gasteiger partial charge in [0.2, 0.25) is 0 Å². The Labute approximate surface area is 102 Å². The molecule has 0 saturated heterocycles. The van der Waals surface area contributed by atoms with E-state index in [1.54, 1.807) is 13.1 Å². The fourth-order valence-electron chi connectivity index (χ4n) is 0.879. The quantitative estimate of drug-likeness (QED) is 0.853. The van der Waals surface area contributed by atoms with Crippen LogP contribution in [0.2, 0.25) is 0 Å². The molecule has 2 aromatic rings. The fourth-order valence-corrected chi connectivity index (χ4v) is 2.71. The number of pyridine rings is 1. The van der Waals surface area contributed by atoms with Crippen LogP contribution in [0.3, 0.4) is 0 Å². The van der Waals surface area contributed by atoms with E-state index in [1.165, 1.54) is 29.4 Å². The lowest BCUT2D eigenvalue weighted by Crippen LogP contribution is -1.86. The van der Waals surface area contributed by atoms with Gasteiger partial charge in [0.05, 0.1) is 0 Å². The molecule has 15 heavy (non-hydrogen) atoms. The molecule has 0 aromatic carbocycles. The number of hydrogen-bond acceptors (Lipinski definition) is 5. The van der Waals surface area contributed by atoms with Crippen LogP contribution >= 0.6 is 39.2 Å². The molecule has 0 atom stereocenters. The molecular formula is C8H5BrFN3S2. The molecule has 2 rings (SSSR count). The van der Waals surface area contributed by atoms with E-state index >= 15 is 0 Å². The lowest BCUT2D eigenvalue weighted by atomic mass is 10.5. The summed E-state index contributed by atoms with van der Waals surface area (Å²) in [5.74, 6) is 0.335. The Morgan fingerprint density at radius 1 is 1.53 bits per heavy atom. The third kappa shape index (κ3) is 2.73. The maximum Gasteiger partial charge on any atom is 0.176 e. The Morgan fingerprint density at radius 2 is 2.33 bits per heavy atom. The molecule has 0 N–H and O–H groups in total. The van der Waals surface area contributed by atoms with Gasteiger partial charge in [-0.1, -0.05) is 0 Å². The highest BCUT2D eigenvalue weighted by Crippen LogP contribution is 2.29. The van der Waals surface area contributed by atoms with E-state index in [1.807, 2.05) is 0 Å². The summed E-state index contributed by atoms with van der Waals surface area (Å²) >= 11 is 5.57. The van der Waals surface area contributed by atoms with Crippen molar-refractivity contribution in [2.24, 2.45) is 0 Å². The maximum atomic E-state index is 13.4. The van der Waals surface area contributed by atoms with Crippen molar-refractivity contribution in [1.82, 2.24) is 14.3 Å². The lowest BCUT2D eigenvalue weighted by molar-refractivity contribution is 0.586. The summed E-state index contributed by atoms with van der Waals surface area (Å²) in [6.07, 6.45) is 1.55. The number of halogens is 2. The average Bonchev–Trinajstić information content (AvgIpc) is 2.56. The Bertz CT molecular complexity index is 488. The molecule has 0 fully saturated rings. The highest BCUT2D eigenvalue weighted by atomic mass is 79.9. The molecule has 0 aliphatic carbocycles. The summed E-state index contributed by atoms with van der Waals surface area (Å²) in [4.78, 5) is 8.08. The summed E-state index contributed by atoms with van der Waals surface area (Å²) in [6, 6.07) is 1.38. The van der Waals surface area contributed by atoms with Crippen LogP contribution in [0.1, 0.15) is 5.82 Å². The molecule has 0 bridgehead atoms. The molecule has 2 aromatic heterocycles. The predicted octanol–water partition coefficient (Wildman–Crippen LogP) is 3.29. The summed E-state index contributed by atoms with van der Waals surface area (Å²) < 4.78 is 18.7. The second-order valence-electron chi connectivity index (χ2n) is 2.65. The summed E-state index contributed by atoms with van der Waals surface area (Å²) in [5, 5.41) is 0.314. The van der Waals surface area contributed by atoms with Crippen molar-refractivity contribution >= 4 is 39.2 Å². The van der Waals surface area contributed by atoms with Gasteiger partial charge in [0.15, 0.2) is 10.2 Å². The van der Waals surface area contributed by atoms with Crippen molar-refractivity contribution in [1.29, 1.82) is 0 Å². The average molecular weight is 306 g/mol. The second-order valence-corrected chi connectivity index (χ2v) is 5.55. The SMILES string of the molecule is Cc1nsc(Sc2ncc(Br)cc2F)n1. The third-order valence-electron chi connectivity index (χ3n) is 1.47. The number of rotatable bonds is 2. The number of aryl methyl sites for hydroxylation is 1. The van der Waals surface area contributed by atoms with Crippen LogP contribution in [0, 0.1) is 12.7 Å². The number of hydrogen-bond donors (Lipinski definition) is 0.